The topological polar surface area (TPSA) is 47.1 Å². The number of hydrogen-bond acceptors (Lipinski definition) is 3. The highest BCUT2D eigenvalue weighted by Crippen LogP contribution is 2.24. The molecule has 1 atom stereocenters. The van der Waals surface area contributed by atoms with E-state index < -0.39 is 5.82 Å². The Morgan fingerprint density at radius 1 is 1.50 bits per heavy atom. The normalized spacial score (nSPS) is 12.9. The number of nitrogens with two attached hydrogens (primary N) is 1. The average Bonchev–Trinajstić information content (AvgIpc) is 2.80. The van der Waals surface area contributed by atoms with E-state index in [4.69, 9.17) is 17.3 Å². The van der Waals surface area contributed by atoms with Crippen molar-refractivity contribution in [2.75, 3.05) is 13.6 Å². The van der Waals surface area contributed by atoms with Crippen LogP contribution >= 0.6 is 11.6 Å². The summed E-state index contributed by atoms with van der Waals surface area (Å²) in [5, 5.41) is 4.26. The number of hydrogen-bond donors (Lipinski definition) is 1. The highest BCUT2D eigenvalue weighted by Gasteiger charge is 2.17. The third kappa shape index (κ3) is 3.36. The van der Waals surface area contributed by atoms with Gasteiger partial charge in [0.25, 0.3) is 0 Å². The molecule has 0 fully saturated rings. The van der Waals surface area contributed by atoms with E-state index in [2.05, 4.69) is 10.00 Å². The molecule has 0 aliphatic heterocycles. The summed E-state index contributed by atoms with van der Waals surface area (Å²) in [6.07, 6.45) is 3.78. The van der Waals surface area contributed by atoms with Crippen molar-refractivity contribution < 1.29 is 4.39 Å². The number of nitrogens with zero attached hydrogens (tertiary/aromatic N) is 3. The van der Waals surface area contributed by atoms with E-state index >= 15 is 0 Å². The lowest BCUT2D eigenvalue weighted by Crippen LogP contribution is -2.30. The number of likely N-dealkylation sites (N-methyl/N-ethyl adjacent to an activating group) is 1. The number of halogens is 2. The van der Waals surface area contributed by atoms with Crippen LogP contribution in [-0.2, 0) is 13.6 Å². The lowest BCUT2D eigenvalue weighted by Gasteiger charge is -2.27. The Morgan fingerprint density at radius 2 is 2.25 bits per heavy atom. The minimum atomic E-state index is -0.416. The van der Waals surface area contributed by atoms with Crippen molar-refractivity contribution in [2.45, 2.75) is 12.6 Å². The first-order chi connectivity index (χ1) is 9.51. The van der Waals surface area contributed by atoms with E-state index in [0.29, 0.717) is 13.1 Å². The Kier molecular flexibility index (Phi) is 4.75. The zero-order valence-corrected chi connectivity index (χ0v) is 12.3. The molecule has 1 aromatic heterocycles. The quantitative estimate of drug-likeness (QED) is 0.921. The Balaban J connectivity index is 2.16. The van der Waals surface area contributed by atoms with Crippen LogP contribution in [0.5, 0.6) is 0 Å². The molecule has 0 saturated carbocycles. The van der Waals surface area contributed by atoms with E-state index in [0.717, 1.165) is 11.1 Å². The van der Waals surface area contributed by atoms with Crippen molar-refractivity contribution in [3.05, 3.63) is 52.6 Å². The van der Waals surface area contributed by atoms with Crippen LogP contribution in [0, 0.1) is 5.82 Å². The van der Waals surface area contributed by atoms with Crippen LogP contribution in [0.1, 0.15) is 17.2 Å². The monoisotopic (exact) mass is 296 g/mol. The molecule has 0 bridgehead atoms. The number of aromatic nitrogens is 2. The summed E-state index contributed by atoms with van der Waals surface area (Å²) in [5.74, 6) is -0.416. The fourth-order valence-corrected chi connectivity index (χ4v) is 2.43. The van der Waals surface area contributed by atoms with Gasteiger partial charge in [0.15, 0.2) is 0 Å². The maximum atomic E-state index is 13.2. The SMILES string of the molecule is CN(Cc1cnn(C)c1)C(CN)c1ccc(F)c(Cl)c1. The van der Waals surface area contributed by atoms with Gasteiger partial charge in [-0.25, -0.2) is 4.39 Å². The molecular formula is C14H18ClFN4. The number of benzene rings is 1. The van der Waals surface area contributed by atoms with E-state index in [9.17, 15) is 4.39 Å². The minimum absolute atomic E-state index is 0.0201. The van der Waals surface area contributed by atoms with E-state index in [1.165, 1.54) is 6.07 Å². The smallest absolute Gasteiger partial charge is 0.141 e. The van der Waals surface area contributed by atoms with Gasteiger partial charge in [0.2, 0.25) is 0 Å². The zero-order valence-electron chi connectivity index (χ0n) is 11.6. The highest BCUT2D eigenvalue weighted by molar-refractivity contribution is 6.30. The van der Waals surface area contributed by atoms with Crippen LogP contribution in [0.25, 0.3) is 0 Å². The van der Waals surface area contributed by atoms with Crippen molar-refractivity contribution >= 4 is 11.6 Å². The maximum absolute atomic E-state index is 13.2. The Bertz CT molecular complexity index is 584. The van der Waals surface area contributed by atoms with Crippen LogP contribution in [0.2, 0.25) is 5.02 Å². The molecule has 0 saturated heterocycles. The molecule has 0 aliphatic rings. The molecular weight excluding hydrogens is 279 g/mol. The first-order valence-electron chi connectivity index (χ1n) is 6.34. The fraction of sp³-hybridized carbons (Fsp3) is 0.357. The molecule has 1 heterocycles. The summed E-state index contributed by atoms with van der Waals surface area (Å²) < 4.78 is 15.0. The third-order valence-electron chi connectivity index (χ3n) is 3.27. The van der Waals surface area contributed by atoms with Gasteiger partial charge in [-0.05, 0) is 24.7 Å². The molecule has 0 amide bonds. The predicted molar refractivity (Wildman–Crippen MR) is 77.9 cm³/mol. The molecule has 0 radical (unpaired) electrons. The number of rotatable bonds is 5. The van der Waals surface area contributed by atoms with Gasteiger partial charge in [-0.2, -0.15) is 5.10 Å². The lowest BCUT2D eigenvalue weighted by atomic mass is 10.1. The average molecular weight is 297 g/mol. The molecule has 6 heteroatoms. The summed E-state index contributed by atoms with van der Waals surface area (Å²) in [6.45, 7) is 1.14. The lowest BCUT2D eigenvalue weighted by molar-refractivity contribution is 0.241. The van der Waals surface area contributed by atoms with Crippen LogP contribution in [0.15, 0.2) is 30.6 Å². The molecule has 108 valence electrons. The van der Waals surface area contributed by atoms with Crippen LogP contribution in [0.3, 0.4) is 0 Å². The van der Waals surface area contributed by atoms with Crippen molar-refractivity contribution in [1.82, 2.24) is 14.7 Å². The zero-order chi connectivity index (χ0) is 14.7. The molecule has 0 aliphatic carbocycles. The molecule has 4 nitrogen and oxygen atoms in total. The number of aryl methyl sites for hydroxylation is 1. The van der Waals surface area contributed by atoms with Crippen molar-refractivity contribution in [2.24, 2.45) is 12.8 Å². The first kappa shape index (κ1) is 15.0. The minimum Gasteiger partial charge on any atom is -0.329 e. The van der Waals surface area contributed by atoms with E-state index in [-0.39, 0.29) is 11.1 Å². The Labute approximate surface area is 122 Å². The first-order valence-corrected chi connectivity index (χ1v) is 6.72. The van der Waals surface area contributed by atoms with Gasteiger partial charge in [-0.15, -0.1) is 0 Å². The van der Waals surface area contributed by atoms with Gasteiger partial charge < -0.3 is 5.73 Å². The second-order valence-electron chi connectivity index (χ2n) is 4.86. The second-order valence-corrected chi connectivity index (χ2v) is 5.27. The fourth-order valence-electron chi connectivity index (χ4n) is 2.24. The van der Waals surface area contributed by atoms with Crippen molar-refractivity contribution in [3.8, 4) is 0 Å². The van der Waals surface area contributed by atoms with Gasteiger partial charge in [0.1, 0.15) is 5.82 Å². The predicted octanol–water partition coefficient (Wildman–Crippen LogP) is 2.34. The summed E-state index contributed by atoms with van der Waals surface area (Å²) in [5.41, 5.74) is 7.86. The summed E-state index contributed by atoms with van der Waals surface area (Å²) in [6, 6.07) is 4.71. The maximum Gasteiger partial charge on any atom is 0.141 e. The molecule has 2 rings (SSSR count). The van der Waals surface area contributed by atoms with Crippen LogP contribution < -0.4 is 5.73 Å². The van der Waals surface area contributed by atoms with Crippen molar-refractivity contribution in [1.29, 1.82) is 0 Å². The van der Waals surface area contributed by atoms with Gasteiger partial charge in [-0.3, -0.25) is 9.58 Å². The summed E-state index contributed by atoms with van der Waals surface area (Å²) >= 11 is 5.84. The largest absolute Gasteiger partial charge is 0.329 e. The Hall–Kier alpha value is -1.43. The van der Waals surface area contributed by atoms with E-state index in [1.807, 2.05) is 26.5 Å². The molecule has 1 unspecified atom stereocenters. The van der Waals surface area contributed by atoms with Crippen molar-refractivity contribution in [3.63, 3.8) is 0 Å². The standard InChI is InChI=1S/C14H18ClFN4/c1-19(8-10-7-18-20(2)9-10)14(6-17)11-3-4-13(16)12(15)5-11/h3-5,7,9,14H,6,8,17H2,1-2H3. The molecule has 20 heavy (non-hydrogen) atoms. The molecule has 0 spiro atoms. The summed E-state index contributed by atoms with van der Waals surface area (Å²) in [4.78, 5) is 2.10. The van der Waals surface area contributed by atoms with Gasteiger partial charge >= 0.3 is 0 Å². The molecule has 2 N–H and O–H groups in total. The third-order valence-corrected chi connectivity index (χ3v) is 3.56. The second kappa shape index (κ2) is 6.35. The van der Waals surface area contributed by atoms with E-state index in [1.54, 1.807) is 16.8 Å². The van der Waals surface area contributed by atoms with Crippen LogP contribution in [0.4, 0.5) is 4.39 Å². The highest BCUT2D eigenvalue weighted by atomic mass is 35.5. The molecule has 2 aromatic rings. The summed E-state index contributed by atoms with van der Waals surface area (Å²) in [7, 11) is 3.85. The van der Waals surface area contributed by atoms with Gasteiger partial charge in [0.05, 0.1) is 11.2 Å². The van der Waals surface area contributed by atoms with Gasteiger partial charge in [0, 0.05) is 37.9 Å². The van der Waals surface area contributed by atoms with Crippen LogP contribution in [-0.4, -0.2) is 28.3 Å². The van der Waals surface area contributed by atoms with Gasteiger partial charge in [-0.1, -0.05) is 17.7 Å². The molecule has 1 aromatic carbocycles. The Morgan fingerprint density at radius 3 is 2.80 bits per heavy atom.